The van der Waals surface area contributed by atoms with Crippen molar-refractivity contribution in [1.82, 2.24) is 5.32 Å². The molecule has 1 aliphatic rings. The molecule has 1 atom stereocenters. The number of hydrogen-bond acceptors (Lipinski definition) is 5. The largest absolute Gasteiger partial charge is 0.493 e. The van der Waals surface area contributed by atoms with Gasteiger partial charge in [-0.2, -0.15) is 0 Å². The number of aliphatic hydroxyl groups excluding tert-OH is 1. The van der Waals surface area contributed by atoms with Gasteiger partial charge in [-0.25, -0.2) is 0 Å². The van der Waals surface area contributed by atoms with Crippen LogP contribution in [-0.2, 0) is 6.54 Å². The van der Waals surface area contributed by atoms with Crippen molar-refractivity contribution >= 4 is 0 Å². The van der Waals surface area contributed by atoms with E-state index in [0.717, 1.165) is 17.9 Å². The Morgan fingerprint density at radius 2 is 2.16 bits per heavy atom. The summed E-state index contributed by atoms with van der Waals surface area (Å²) in [6.07, 6.45) is 0. The van der Waals surface area contributed by atoms with Gasteiger partial charge in [-0.3, -0.25) is 0 Å². The molecule has 0 amide bonds. The molecule has 1 aliphatic heterocycles. The number of ether oxygens (including phenoxy) is 3. The van der Waals surface area contributed by atoms with E-state index in [1.165, 1.54) is 0 Å². The Morgan fingerprint density at radius 3 is 2.89 bits per heavy atom. The van der Waals surface area contributed by atoms with Crippen LogP contribution >= 0.6 is 0 Å². The Balaban J connectivity index is 2.05. The lowest BCUT2D eigenvalue weighted by atomic mass is 10.1. The van der Waals surface area contributed by atoms with Gasteiger partial charge < -0.3 is 24.6 Å². The maximum atomic E-state index is 8.98. The zero-order valence-corrected chi connectivity index (χ0v) is 11.4. The summed E-state index contributed by atoms with van der Waals surface area (Å²) in [7, 11) is 1.62. The van der Waals surface area contributed by atoms with Crippen LogP contribution < -0.4 is 19.5 Å². The Morgan fingerprint density at radius 1 is 1.37 bits per heavy atom. The smallest absolute Gasteiger partial charge is 0.203 e. The van der Waals surface area contributed by atoms with E-state index in [9.17, 15) is 0 Å². The van der Waals surface area contributed by atoms with E-state index in [0.29, 0.717) is 31.3 Å². The van der Waals surface area contributed by atoms with Crippen molar-refractivity contribution in [2.24, 2.45) is 5.92 Å². The van der Waals surface area contributed by atoms with Crippen LogP contribution in [0.2, 0.25) is 0 Å². The molecule has 19 heavy (non-hydrogen) atoms. The summed E-state index contributed by atoms with van der Waals surface area (Å²) >= 11 is 0. The Bertz CT molecular complexity index is 405. The summed E-state index contributed by atoms with van der Waals surface area (Å²) in [5, 5.41) is 12.3. The fourth-order valence-electron chi connectivity index (χ4n) is 1.96. The lowest BCUT2D eigenvalue weighted by molar-refractivity contribution is 0.165. The van der Waals surface area contributed by atoms with Gasteiger partial charge in [0.25, 0.3) is 0 Å². The third-order valence-electron chi connectivity index (χ3n) is 3.02. The molecule has 2 N–H and O–H groups in total. The van der Waals surface area contributed by atoms with Crippen molar-refractivity contribution in [3.05, 3.63) is 17.7 Å². The van der Waals surface area contributed by atoms with Crippen LogP contribution in [0.3, 0.4) is 0 Å². The minimum atomic E-state index is 0.192. The highest BCUT2D eigenvalue weighted by atomic mass is 16.6. The monoisotopic (exact) mass is 267 g/mol. The van der Waals surface area contributed by atoms with Crippen molar-refractivity contribution in [3.8, 4) is 17.2 Å². The van der Waals surface area contributed by atoms with Crippen molar-refractivity contribution < 1.29 is 19.3 Å². The van der Waals surface area contributed by atoms with Crippen molar-refractivity contribution in [2.45, 2.75) is 13.5 Å². The van der Waals surface area contributed by atoms with E-state index in [1.54, 1.807) is 7.11 Å². The second kappa shape index (κ2) is 6.63. The molecule has 1 unspecified atom stereocenters. The molecule has 1 aromatic rings. The first kappa shape index (κ1) is 14.0. The van der Waals surface area contributed by atoms with Crippen LogP contribution in [0.4, 0.5) is 0 Å². The number of methoxy groups -OCH3 is 1. The molecule has 1 aromatic carbocycles. The standard InChI is InChI=1S/C14H21NO4/c1-10(9-16)7-15-8-11-5-12(17-2)14-13(6-11)18-3-4-19-14/h5-6,10,15-16H,3-4,7-9H2,1-2H3. The maximum absolute atomic E-state index is 8.98. The van der Waals surface area contributed by atoms with E-state index in [-0.39, 0.29) is 12.5 Å². The van der Waals surface area contributed by atoms with Gasteiger partial charge in [0.1, 0.15) is 13.2 Å². The molecule has 2 rings (SSSR count). The first-order chi connectivity index (χ1) is 9.24. The average Bonchev–Trinajstić information content (AvgIpc) is 2.46. The van der Waals surface area contributed by atoms with Gasteiger partial charge in [0.15, 0.2) is 11.5 Å². The van der Waals surface area contributed by atoms with Crippen LogP contribution in [0.1, 0.15) is 12.5 Å². The fraction of sp³-hybridized carbons (Fsp3) is 0.571. The molecule has 5 nitrogen and oxygen atoms in total. The summed E-state index contributed by atoms with van der Waals surface area (Å²) in [4.78, 5) is 0. The summed E-state index contributed by atoms with van der Waals surface area (Å²) < 4.78 is 16.5. The van der Waals surface area contributed by atoms with Crippen molar-refractivity contribution in [1.29, 1.82) is 0 Å². The second-order valence-corrected chi connectivity index (χ2v) is 4.74. The molecule has 0 saturated carbocycles. The van der Waals surface area contributed by atoms with Crippen molar-refractivity contribution in [2.75, 3.05) is 33.5 Å². The number of benzene rings is 1. The quantitative estimate of drug-likeness (QED) is 0.810. The normalized spacial score (nSPS) is 15.1. The lowest BCUT2D eigenvalue weighted by Gasteiger charge is -2.21. The molecule has 0 radical (unpaired) electrons. The topological polar surface area (TPSA) is 60.0 Å². The molecule has 0 aromatic heterocycles. The van der Waals surface area contributed by atoms with Gasteiger partial charge in [-0.1, -0.05) is 6.92 Å². The number of nitrogens with one attached hydrogen (secondary N) is 1. The van der Waals surface area contributed by atoms with Gasteiger partial charge >= 0.3 is 0 Å². The molecule has 0 spiro atoms. The zero-order valence-electron chi connectivity index (χ0n) is 11.4. The molecule has 106 valence electrons. The number of fused-ring (bicyclic) bond motifs is 1. The number of rotatable bonds is 6. The molecular formula is C14H21NO4. The Labute approximate surface area is 113 Å². The fourth-order valence-corrected chi connectivity index (χ4v) is 1.96. The predicted molar refractivity (Wildman–Crippen MR) is 71.9 cm³/mol. The van der Waals surface area contributed by atoms with Crippen LogP contribution in [0, 0.1) is 5.92 Å². The summed E-state index contributed by atoms with van der Waals surface area (Å²) in [5.74, 6) is 2.36. The number of aliphatic hydroxyl groups is 1. The van der Waals surface area contributed by atoms with Crippen LogP contribution in [0.25, 0.3) is 0 Å². The average molecular weight is 267 g/mol. The van der Waals surface area contributed by atoms with Gasteiger partial charge in [0.05, 0.1) is 7.11 Å². The van der Waals surface area contributed by atoms with Gasteiger partial charge in [-0.05, 0) is 23.6 Å². The van der Waals surface area contributed by atoms with E-state index in [4.69, 9.17) is 19.3 Å². The molecule has 1 heterocycles. The zero-order chi connectivity index (χ0) is 13.7. The number of hydrogen-bond donors (Lipinski definition) is 2. The molecule has 0 saturated heterocycles. The molecular weight excluding hydrogens is 246 g/mol. The van der Waals surface area contributed by atoms with E-state index in [2.05, 4.69) is 5.32 Å². The Hall–Kier alpha value is -1.46. The molecule has 0 bridgehead atoms. The van der Waals surface area contributed by atoms with Crippen LogP contribution in [0.5, 0.6) is 17.2 Å². The highest BCUT2D eigenvalue weighted by Gasteiger charge is 2.18. The Kier molecular flexibility index (Phi) is 4.87. The highest BCUT2D eigenvalue weighted by Crippen LogP contribution is 2.40. The predicted octanol–water partition coefficient (Wildman–Crippen LogP) is 1.18. The summed E-state index contributed by atoms with van der Waals surface area (Å²) in [6, 6.07) is 3.91. The summed E-state index contributed by atoms with van der Waals surface area (Å²) in [5.41, 5.74) is 1.08. The van der Waals surface area contributed by atoms with E-state index >= 15 is 0 Å². The molecule has 5 heteroatoms. The second-order valence-electron chi connectivity index (χ2n) is 4.74. The van der Waals surface area contributed by atoms with Gasteiger partial charge in [0, 0.05) is 19.7 Å². The third-order valence-corrected chi connectivity index (χ3v) is 3.02. The third kappa shape index (κ3) is 3.52. The van der Waals surface area contributed by atoms with E-state index < -0.39 is 0 Å². The van der Waals surface area contributed by atoms with Crippen LogP contribution in [-0.4, -0.2) is 38.6 Å². The first-order valence-electron chi connectivity index (χ1n) is 6.52. The maximum Gasteiger partial charge on any atom is 0.203 e. The summed E-state index contributed by atoms with van der Waals surface area (Å²) in [6.45, 7) is 4.78. The van der Waals surface area contributed by atoms with E-state index in [1.807, 2.05) is 19.1 Å². The van der Waals surface area contributed by atoms with Gasteiger partial charge in [-0.15, -0.1) is 0 Å². The SMILES string of the molecule is COc1cc(CNCC(C)CO)cc2c1OCCO2. The van der Waals surface area contributed by atoms with Crippen LogP contribution in [0.15, 0.2) is 12.1 Å². The first-order valence-corrected chi connectivity index (χ1v) is 6.52. The molecule has 0 aliphatic carbocycles. The minimum Gasteiger partial charge on any atom is -0.493 e. The van der Waals surface area contributed by atoms with Gasteiger partial charge in [0.2, 0.25) is 5.75 Å². The minimum absolute atomic E-state index is 0.192. The molecule has 0 fully saturated rings. The van der Waals surface area contributed by atoms with Crippen molar-refractivity contribution in [3.63, 3.8) is 0 Å². The highest BCUT2D eigenvalue weighted by molar-refractivity contribution is 5.54. The lowest BCUT2D eigenvalue weighted by Crippen LogP contribution is -2.23.